The highest BCUT2D eigenvalue weighted by atomic mass is 32.1. The molecule has 0 spiro atoms. The molecule has 0 bridgehead atoms. The van der Waals surface area contributed by atoms with Crippen molar-refractivity contribution in [3.63, 3.8) is 0 Å². The van der Waals surface area contributed by atoms with Gasteiger partial charge in [-0.1, -0.05) is 41.2 Å². The first kappa shape index (κ1) is 20.5. The molecule has 3 aromatic rings. The molecule has 0 aliphatic heterocycles. The van der Waals surface area contributed by atoms with E-state index >= 15 is 0 Å². The molecule has 3 rings (SSSR count). The van der Waals surface area contributed by atoms with E-state index in [4.69, 9.17) is 4.74 Å². The first-order valence-corrected chi connectivity index (χ1v) is 10.5. The van der Waals surface area contributed by atoms with E-state index in [1.165, 1.54) is 15.8 Å². The Kier molecular flexibility index (Phi) is 6.47. The fraction of sp³-hybridized carbons (Fsp3) is 0.391. The van der Waals surface area contributed by atoms with Crippen molar-refractivity contribution in [2.24, 2.45) is 4.99 Å². The fourth-order valence-corrected chi connectivity index (χ4v) is 4.54. The van der Waals surface area contributed by atoms with Crippen molar-refractivity contribution >= 4 is 27.5 Å². The molecule has 0 atom stereocenters. The van der Waals surface area contributed by atoms with Crippen LogP contribution in [-0.4, -0.2) is 23.7 Å². The second kappa shape index (κ2) is 8.84. The number of fused-ring (bicyclic) bond motifs is 1. The van der Waals surface area contributed by atoms with Crippen LogP contribution < -0.4 is 4.80 Å². The van der Waals surface area contributed by atoms with Crippen LogP contribution in [0.15, 0.2) is 35.3 Å². The molecular weight excluding hydrogens is 368 g/mol. The van der Waals surface area contributed by atoms with Gasteiger partial charge in [0.05, 0.1) is 23.2 Å². The molecule has 4 nitrogen and oxygen atoms in total. The van der Waals surface area contributed by atoms with E-state index in [1.807, 2.05) is 20.8 Å². The number of ether oxygens (including phenoxy) is 1. The van der Waals surface area contributed by atoms with Crippen LogP contribution in [0.1, 0.15) is 34.7 Å². The molecule has 0 N–H and O–H groups in total. The minimum absolute atomic E-state index is 0.111. The molecular formula is C23H28N2O2S. The Morgan fingerprint density at radius 1 is 1.07 bits per heavy atom. The van der Waals surface area contributed by atoms with Gasteiger partial charge in [0.1, 0.15) is 0 Å². The van der Waals surface area contributed by atoms with Crippen molar-refractivity contribution in [3.05, 3.63) is 63.0 Å². The zero-order chi connectivity index (χ0) is 20.3. The van der Waals surface area contributed by atoms with Crippen molar-refractivity contribution < 1.29 is 9.53 Å². The molecule has 148 valence electrons. The lowest BCUT2D eigenvalue weighted by Crippen LogP contribution is -2.20. The predicted molar refractivity (Wildman–Crippen MR) is 116 cm³/mol. The second-order valence-corrected chi connectivity index (χ2v) is 8.25. The highest BCUT2D eigenvalue weighted by Crippen LogP contribution is 2.23. The van der Waals surface area contributed by atoms with Crippen molar-refractivity contribution in [2.45, 2.75) is 47.6 Å². The monoisotopic (exact) mass is 396 g/mol. The van der Waals surface area contributed by atoms with Crippen LogP contribution in [0.3, 0.4) is 0 Å². The maximum atomic E-state index is 12.8. The number of benzene rings is 2. The van der Waals surface area contributed by atoms with E-state index in [0.29, 0.717) is 26.2 Å². The van der Waals surface area contributed by atoms with Gasteiger partial charge in [-0.3, -0.25) is 4.79 Å². The van der Waals surface area contributed by atoms with Crippen molar-refractivity contribution in [1.29, 1.82) is 0 Å². The molecule has 28 heavy (non-hydrogen) atoms. The summed E-state index contributed by atoms with van der Waals surface area (Å²) in [6, 6.07) is 10.5. The van der Waals surface area contributed by atoms with Gasteiger partial charge in [-0.15, -0.1) is 0 Å². The molecule has 2 aromatic carbocycles. The Labute approximate surface area is 170 Å². The average molecular weight is 397 g/mol. The van der Waals surface area contributed by atoms with Gasteiger partial charge in [-0.2, -0.15) is 4.99 Å². The largest absolute Gasteiger partial charge is 0.380 e. The maximum absolute atomic E-state index is 12.8. The molecule has 0 radical (unpaired) electrons. The summed E-state index contributed by atoms with van der Waals surface area (Å²) in [5, 5.41) is 0. The van der Waals surface area contributed by atoms with Crippen LogP contribution in [0.25, 0.3) is 10.2 Å². The number of hydrogen-bond donors (Lipinski definition) is 0. The van der Waals surface area contributed by atoms with Gasteiger partial charge in [0.2, 0.25) is 0 Å². The Morgan fingerprint density at radius 2 is 1.86 bits per heavy atom. The first-order chi connectivity index (χ1) is 13.4. The van der Waals surface area contributed by atoms with Crippen molar-refractivity contribution in [1.82, 2.24) is 4.57 Å². The van der Waals surface area contributed by atoms with Gasteiger partial charge in [-0.05, 0) is 62.9 Å². The number of aryl methyl sites for hydroxylation is 4. The van der Waals surface area contributed by atoms with E-state index in [0.717, 1.165) is 27.0 Å². The zero-order valence-electron chi connectivity index (χ0n) is 17.3. The highest BCUT2D eigenvalue weighted by Gasteiger charge is 2.12. The molecule has 1 amide bonds. The summed E-state index contributed by atoms with van der Waals surface area (Å²) in [5.74, 6) is -0.111. The van der Waals surface area contributed by atoms with Crippen LogP contribution in [0, 0.1) is 27.7 Å². The lowest BCUT2D eigenvalue weighted by molar-refractivity contribution is -0.117. The third-order valence-corrected chi connectivity index (χ3v) is 6.07. The van der Waals surface area contributed by atoms with E-state index in [-0.39, 0.29) is 5.91 Å². The van der Waals surface area contributed by atoms with Crippen molar-refractivity contribution in [2.75, 3.05) is 13.2 Å². The Hall–Kier alpha value is -2.24. The van der Waals surface area contributed by atoms with Crippen molar-refractivity contribution in [3.8, 4) is 0 Å². The van der Waals surface area contributed by atoms with Crippen LogP contribution in [0.4, 0.5) is 0 Å². The number of thiazole rings is 1. The number of carbonyl (C=O) groups is 1. The summed E-state index contributed by atoms with van der Waals surface area (Å²) < 4.78 is 8.86. The number of aromatic nitrogens is 1. The summed E-state index contributed by atoms with van der Waals surface area (Å²) in [6.07, 6.45) is 0.325. The average Bonchev–Trinajstić information content (AvgIpc) is 2.96. The van der Waals surface area contributed by atoms with E-state index in [9.17, 15) is 4.79 Å². The number of rotatable bonds is 6. The van der Waals surface area contributed by atoms with Gasteiger partial charge in [-0.25, -0.2) is 0 Å². The smallest absolute Gasteiger partial charge is 0.252 e. The summed E-state index contributed by atoms with van der Waals surface area (Å²) >= 11 is 1.58. The van der Waals surface area contributed by atoms with Gasteiger partial charge in [0, 0.05) is 13.2 Å². The number of hydrogen-bond acceptors (Lipinski definition) is 3. The summed E-state index contributed by atoms with van der Waals surface area (Å²) in [4.78, 5) is 18.0. The van der Waals surface area contributed by atoms with E-state index < -0.39 is 0 Å². The highest BCUT2D eigenvalue weighted by molar-refractivity contribution is 7.16. The van der Waals surface area contributed by atoms with Gasteiger partial charge < -0.3 is 9.30 Å². The fourth-order valence-electron chi connectivity index (χ4n) is 3.41. The van der Waals surface area contributed by atoms with Crippen LogP contribution in [0.2, 0.25) is 0 Å². The van der Waals surface area contributed by atoms with Gasteiger partial charge in [0.25, 0.3) is 5.91 Å². The number of amides is 1. The quantitative estimate of drug-likeness (QED) is 0.570. The maximum Gasteiger partial charge on any atom is 0.252 e. The molecule has 1 heterocycles. The molecule has 5 heteroatoms. The minimum atomic E-state index is -0.111. The molecule has 0 saturated carbocycles. The third-order valence-electron chi connectivity index (χ3n) is 4.84. The molecule has 0 aliphatic carbocycles. The number of nitrogens with zero attached hydrogens (tertiary/aromatic N) is 2. The second-order valence-electron chi connectivity index (χ2n) is 7.28. The molecule has 1 aromatic heterocycles. The molecule has 0 fully saturated rings. The first-order valence-electron chi connectivity index (χ1n) is 9.71. The van der Waals surface area contributed by atoms with Gasteiger partial charge in [0.15, 0.2) is 4.80 Å². The SMILES string of the molecule is CCOCCn1c(=NC(=O)Cc2cc(C)ccc2C)sc2c(C)cc(C)cc21. The van der Waals surface area contributed by atoms with Crippen LogP contribution in [-0.2, 0) is 22.5 Å². The Bertz CT molecular complexity index is 1080. The molecule has 0 saturated heterocycles. The van der Waals surface area contributed by atoms with Gasteiger partial charge >= 0.3 is 0 Å². The minimum Gasteiger partial charge on any atom is -0.380 e. The van der Waals surface area contributed by atoms with Crippen LogP contribution in [0.5, 0.6) is 0 Å². The summed E-state index contributed by atoms with van der Waals surface area (Å²) in [5.41, 5.74) is 6.88. The lowest BCUT2D eigenvalue weighted by Gasteiger charge is -2.07. The lowest BCUT2D eigenvalue weighted by atomic mass is 10.0. The third kappa shape index (κ3) is 4.59. The van der Waals surface area contributed by atoms with Crippen LogP contribution >= 0.6 is 11.3 Å². The normalized spacial score (nSPS) is 12.1. The summed E-state index contributed by atoms with van der Waals surface area (Å²) in [7, 11) is 0. The number of carbonyl (C=O) groups excluding carboxylic acids is 1. The molecule has 0 unspecified atom stereocenters. The summed E-state index contributed by atoms with van der Waals surface area (Å²) in [6.45, 7) is 12.3. The topological polar surface area (TPSA) is 43.6 Å². The Morgan fingerprint density at radius 3 is 2.61 bits per heavy atom. The Balaban J connectivity index is 2.02. The zero-order valence-corrected chi connectivity index (χ0v) is 18.2. The predicted octanol–water partition coefficient (Wildman–Crippen LogP) is 4.64. The standard InChI is InChI=1S/C23H28N2O2S/c1-6-27-10-9-25-20-13-16(3)11-18(5)22(20)28-23(25)24-21(26)14-19-12-15(2)7-8-17(19)4/h7-8,11-13H,6,9-10,14H2,1-5H3. The molecule has 0 aliphatic rings. The van der Waals surface area contributed by atoms with E-state index in [1.54, 1.807) is 11.3 Å². The van der Waals surface area contributed by atoms with E-state index in [2.05, 4.69) is 53.7 Å².